The molecule has 0 bridgehead atoms. The standard InChI is InChI=1S/C9H17NO4/c1-4-5-13-9(12)14-8(11)7(10)6(2)3/h6-7H,4-5,10H2,1-3H3. The van der Waals surface area contributed by atoms with Gasteiger partial charge in [-0.15, -0.1) is 0 Å². The highest BCUT2D eigenvalue weighted by Crippen LogP contribution is 2.01. The van der Waals surface area contributed by atoms with Crippen molar-refractivity contribution in [3.63, 3.8) is 0 Å². The monoisotopic (exact) mass is 203 g/mol. The predicted octanol–water partition coefficient (Wildman–Crippen LogP) is 1.06. The minimum atomic E-state index is -0.979. The molecular weight excluding hydrogens is 186 g/mol. The molecule has 0 aliphatic rings. The highest BCUT2D eigenvalue weighted by molar-refractivity contribution is 5.85. The number of nitrogens with two attached hydrogens (primary N) is 1. The van der Waals surface area contributed by atoms with Crippen molar-refractivity contribution < 1.29 is 19.1 Å². The van der Waals surface area contributed by atoms with E-state index in [0.29, 0.717) is 6.42 Å². The normalized spacial score (nSPS) is 12.4. The molecule has 14 heavy (non-hydrogen) atoms. The van der Waals surface area contributed by atoms with Crippen LogP contribution in [0, 0.1) is 5.92 Å². The first-order valence-electron chi connectivity index (χ1n) is 4.63. The molecule has 0 aromatic rings. The van der Waals surface area contributed by atoms with Gasteiger partial charge in [0.05, 0.1) is 6.61 Å². The summed E-state index contributed by atoms with van der Waals surface area (Å²) in [5, 5.41) is 0. The zero-order valence-electron chi connectivity index (χ0n) is 8.78. The third kappa shape index (κ3) is 4.81. The summed E-state index contributed by atoms with van der Waals surface area (Å²) in [6.45, 7) is 5.62. The number of hydrogen-bond donors (Lipinski definition) is 1. The molecule has 5 nitrogen and oxygen atoms in total. The molecule has 0 saturated carbocycles. The van der Waals surface area contributed by atoms with Crippen LogP contribution in [0.5, 0.6) is 0 Å². The van der Waals surface area contributed by atoms with Crippen molar-refractivity contribution in [2.24, 2.45) is 11.7 Å². The van der Waals surface area contributed by atoms with Crippen molar-refractivity contribution in [1.29, 1.82) is 0 Å². The van der Waals surface area contributed by atoms with E-state index in [9.17, 15) is 9.59 Å². The first kappa shape index (κ1) is 12.9. The minimum Gasteiger partial charge on any atom is -0.434 e. The van der Waals surface area contributed by atoms with Gasteiger partial charge in [0.25, 0.3) is 0 Å². The highest BCUT2D eigenvalue weighted by atomic mass is 16.7. The van der Waals surface area contributed by atoms with Crippen molar-refractivity contribution in [3.8, 4) is 0 Å². The Balaban J connectivity index is 3.87. The largest absolute Gasteiger partial charge is 0.516 e. The van der Waals surface area contributed by atoms with Gasteiger partial charge in [-0.1, -0.05) is 20.8 Å². The van der Waals surface area contributed by atoms with Gasteiger partial charge in [-0.3, -0.25) is 0 Å². The molecule has 0 saturated heterocycles. The molecule has 0 aliphatic heterocycles. The Hall–Kier alpha value is -1.10. The Morgan fingerprint density at radius 2 is 1.93 bits per heavy atom. The number of esters is 1. The zero-order chi connectivity index (χ0) is 11.1. The van der Waals surface area contributed by atoms with Gasteiger partial charge in [-0.25, -0.2) is 9.59 Å². The molecule has 5 heteroatoms. The molecule has 0 aromatic heterocycles. The van der Waals surface area contributed by atoms with E-state index >= 15 is 0 Å². The van der Waals surface area contributed by atoms with Gasteiger partial charge in [0.2, 0.25) is 0 Å². The average Bonchev–Trinajstić information content (AvgIpc) is 2.13. The molecule has 1 unspecified atom stereocenters. The van der Waals surface area contributed by atoms with Gasteiger partial charge < -0.3 is 15.2 Å². The SMILES string of the molecule is CCCOC(=O)OC(=O)C(N)C(C)C. The van der Waals surface area contributed by atoms with Crippen LogP contribution in [0.25, 0.3) is 0 Å². The average molecular weight is 203 g/mol. The van der Waals surface area contributed by atoms with Crippen LogP contribution >= 0.6 is 0 Å². The Morgan fingerprint density at radius 1 is 1.36 bits per heavy atom. The second-order valence-electron chi connectivity index (χ2n) is 3.29. The van der Waals surface area contributed by atoms with Crippen LogP contribution in [-0.2, 0) is 14.3 Å². The Morgan fingerprint density at radius 3 is 2.36 bits per heavy atom. The van der Waals surface area contributed by atoms with Crippen LogP contribution in [0.3, 0.4) is 0 Å². The summed E-state index contributed by atoms with van der Waals surface area (Å²) in [4.78, 5) is 21.9. The maximum absolute atomic E-state index is 11.1. The van der Waals surface area contributed by atoms with Gasteiger partial charge in [-0.05, 0) is 12.3 Å². The lowest BCUT2D eigenvalue weighted by Gasteiger charge is -2.12. The Bertz CT molecular complexity index is 203. The summed E-state index contributed by atoms with van der Waals surface area (Å²) >= 11 is 0. The van der Waals surface area contributed by atoms with Crippen LogP contribution in [-0.4, -0.2) is 24.8 Å². The second kappa shape index (κ2) is 6.37. The number of carbonyl (C=O) groups is 2. The van der Waals surface area contributed by atoms with Gasteiger partial charge in [-0.2, -0.15) is 0 Å². The summed E-state index contributed by atoms with van der Waals surface area (Å²) in [6, 6.07) is -0.788. The van der Waals surface area contributed by atoms with Crippen LogP contribution in [0.1, 0.15) is 27.2 Å². The third-order valence-electron chi connectivity index (χ3n) is 1.60. The number of rotatable bonds is 4. The lowest BCUT2D eigenvalue weighted by atomic mass is 10.1. The summed E-state index contributed by atoms with van der Waals surface area (Å²) < 4.78 is 8.90. The first-order valence-corrected chi connectivity index (χ1v) is 4.63. The van der Waals surface area contributed by atoms with Crippen molar-refractivity contribution in [2.75, 3.05) is 6.61 Å². The first-order chi connectivity index (χ1) is 6.49. The van der Waals surface area contributed by atoms with E-state index in [-0.39, 0.29) is 12.5 Å². The fraction of sp³-hybridized carbons (Fsp3) is 0.778. The summed E-state index contributed by atoms with van der Waals surface area (Å²) in [5.74, 6) is -0.817. The number of hydrogen-bond acceptors (Lipinski definition) is 5. The molecule has 0 heterocycles. The Kier molecular flexibility index (Phi) is 5.87. The topological polar surface area (TPSA) is 78.6 Å². The lowest BCUT2D eigenvalue weighted by molar-refractivity contribution is -0.142. The summed E-state index contributed by atoms with van der Waals surface area (Å²) in [7, 11) is 0. The molecule has 82 valence electrons. The maximum atomic E-state index is 11.1. The predicted molar refractivity (Wildman–Crippen MR) is 50.5 cm³/mol. The third-order valence-corrected chi connectivity index (χ3v) is 1.60. The van der Waals surface area contributed by atoms with Crippen LogP contribution in [0.4, 0.5) is 4.79 Å². The number of ether oxygens (including phenoxy) is 2. The quantitative estimate of drug-likeness (QED) is 0.546. The molecule has 0 radical (unpaired) electrons. The maximum Gasteiger partial charge on any atom is 0.516 e. The number of carbonyl (C=O) groups excluding carboxylic acids is 2. The van der Waals surface area contributed by atoms with Gasteiger partial charge in [0.15, 0.2) is 0 Å². The molecule has 0 spiro atoms. The minimum absolute atomic E-state index is 0.0681. The van der Waals surface area contributed by atoms with Crippen LogP contribution in [0.15, 0.2) is 0 Å². The summed E-state index contributed by atoms with van der Waals surface area (Å²) in [6.07, 6.45) is -0.299. The second-order valence-corrected chi connectivity index (χ2v) is 3.29. The molecule has 0 fully saturated rings. The fourth-order valence-electron chi connectivity index (χ4n) is 0.637. The van der Waals surface area contributed by atoms with Gasteiger partial charge >= 0.3 is 12.1 Å². The van der Waals surface area contributed by atoms with E-state index in [1.807, 2.05) is 6.92 Å². The molecule has 0 aromatic carbocycles. The molecule has 0 amide bonds. The van der Waals surface area contributed by atoms with Crippen LogP contribution in [0.2, 0.25) is 0 Å². The smallest absolute Gasteiger partial charge is 0.434 e. The fourth-order valence-corrected chi connectivity index (χ4v) is 0.637. The van der Waals surface area contributed by atoms with Crippen molar-refractivity contribution in [3.05, 3.63) is 0 Å². The van der Waals surface area contributed by atoms with Gasteiger partial charge in [0, 0.05) is 0 Å². The van der Waals surface area contributed by atoms with Crippen LogP contribution < -0.4 is 5.73 Å². The van der Waals surface area contributed by atoms with E-state index in [4.69, 9.17) is 5.73 Å². The summed E-state index contributed by atoms with van der Waals surface area (Å²) in [5.41, 5.74) is 5.45. The van der Waals surface area contributed by atoms with E-state index < -0.39 is 18.2 Å². The van der Waals surface area contributed by atoms with Crippen molar-refractivity contribution >= 4 is 12.1 Å². The molecule has 2 N–H and O–H groups in total. The molecular formula is C9H17NO4. The molecule has 0 aliphatic carbocycles. The lowest BCUT2D eigenvalue weighted by Crippen LogP contribution is -2.38. The highest BCUT2D eigenvalue weighted by Gasteiger charge is 2.22. The van der Waals surface area contributed by atoms with E-state index in [2.05, 4.69) is 9.47 Å². The van der Waals surface area contributed by atoms with Crippen molar-refractivity contribution in [1.82, 2.24) is 0 Å². The Labute approximate surface area is 83.5 Å². The van der Waals surface area contributed by atoms with E-state index in [0.717, 1.165) is 0 Å². The van der Waals surface area contributed by atoms with Gasteiger partial charge in [0.1, 0.15) is 6.04 Å². The molecule has 0 rings (SSSR count). The van der Waals surface area contributed by atoms with E-state index in [1.54, 1.807) is 13.8 Å². The molecule has 1 atom stereocenters. The van der Waals surface area contributed by atoms with E-state index in [1.165, 1.54) is 0 Å². The zero-order valence-corrected chi connectivity index (χ0v) is 8.78. The van der Waals surface area contributed by atoms with Crippen molar-refractivity contribution in [2.45, 2.75) is 33.2 Å².